The molecule has 6 heteroatoms. The van der Waals surface area contributed by atoms with E-state index >= 15 is 0 Å². The number of hydrogen-bond acceptors (Lipinski definition) is 3. The third-order valence-electron chi connectivity index (χ3n) is 2.90. The fraction of sp³-hybridized carbons (Fsp3) is 0.385. The number of amides is 1. The normalized spacial score (nSPS) is 12.5. The minimum Gasteiger partial charge on any atom is -0.352 e. The first-order valence-corrected chi connectivity index (χ1v) is 6.28. The Morgan fingerprint density at radius 3 is 2.84 bits per heavy atom. The lowest BCUT2D eigenvalue weighted by molar-refractivity contribution is -0.121. The summed E-state index contributed by atoms with van der Waals surface area (Å²) in [6.45, 7) is 2.32. The van der Waals surface area contributed by atoms with Gasteiger partial charge in [-0.1, -0.05) is 6.07 Å². The fourth-order valence-electron chi connectivity index (χ4n) is 1.84. The summed E-state index contributed by atoms with van der Waals surface area (Å²) in [5, 5.41) is 2.83. The summed E-state index contributed by atoms with van der Waals surface area (Å²) < 4.78 is 0. The molecule has 102 valence electrons. The van der Waals surface area contributed by atoms with Crippen LogP contribution in [0.1, 0.15) is 25.3 Å². The number of fused-ring (bicyclic) bond motifs is 1. The zero-order chi connectivity index (χ0) is 13.8. The average Bonchev–Trinajstić information content (AvgIpc) is 2.73. The minimum atomic E-state index is -0.229. The molecule has 1 amide bonds. The summed E-state index contributed by atoms with van der Waals surface area (Å²) in [7, 11) is 0. The molecule has 1 atom stereocenters. The maximum atomic E-state index is 11.6. The molecule has 6 nitrogen and oxygen atoms in total. The molecular formula is C13H18N4O2. The van der Waals surface area contributed by atoms with Crippen LogP contribution in [-0.4, -0.2) is 21.9 Å². The summed E-state index contributed by atoms with van der Waals surface area (Å²) in [6, 6.07) is 5.57. The number of imidazole rings is 1. The number of H-pyrrole nitrogens is 2. The van der Waals surface area contributed by atoms with Crippen molar-refractivity contribution in [1.29, 1.82) is 0 Å². The first-order chi connectivity index (χ1) is 9.04. The predicted octanol–water partition coefficient (Wildman–Crippen LogP) is 0.600. The highest BCUT2D eigenvalue weighted by molar-refractivity contribution is 5.77. The summed E-state index contributed by atoms with van der Waals surface area (Å²) in [6.07, 6.45) is 1.11. The van der Waals surface area contributed by atoms with Gasteiger partial charge in [-0.05, 0) is 31.0 Å². The van der Waals surface area contributed by atoms with Crippen molar-refractivity contribution >= 4 is 16.9 Å². The van der Waals surface area contributed by atoms with Crippen LogP contribution in [0.4, 0.5) is 0 Å². The van der Waals surface area contributed by atoms with Crippen molar-refractivity contribution in [3.63, 3.8) is 0 Å². The highest BCUT2D eigenvalue weighted by Crippen LogP contribution is 2.09. The van der Waals surface area contributed by atoms with Crippen LogP contribution in [0.5, 0.6) is 0 Å². The Labute approximate surface area is 110 Å². The molecular weight excluding hydrogens is 244 g/mol. The molecule has 1 unspecified atom stereocenters. The molecule has 1 aromatic heterocycles. The van der Waals surface area contributed by atoms with Crippen molar-refractivity contribution in [3.8, 4) is 0 Å². The molecule has 1 aromatic carbocycles. The van der Waals surface area contributed by atoms with Crippen molar-refractivity contribution < 1.29 is 4.79 Å². The van der Waals surface area contributed by atoms with Gasteiger partial charge in [0.25, 0.3) is 0 Å². The maximum Gasteiger partial charge on any atom is 0.323 e. The van der Waals surface area contributed by atoms with Gasteiger partial charge in [-0.2, -0.15) is 0 Å². The minimum absolute atomic E-state index is 0.0139. The van der Waals surface area contributed by atoms with E-state index in [4.69, 9.17) is 5.73 Å². The highest BCUT2D eigenvalue weighted by Gasteiger charge is 2.04. The Morgan fingerprint density at radius 2 is 2.11 bits per heavy atom. The molecule has 2 rings (SSSR count). The van der Waals surface area contributed by atoms with E-state index in [0.717, 1.165) is 16.6 Å². The molecule has 0 spiro atoms. The number of carbonyl (C=O) groups is 1. The Morgan fingerprint density at radius 1 is 1.37 bits per heavy atom. The number of carbonyl (C=O) groups excluding carboxylic acids is 1. The SMILES string of the molecule is CC(N)CCC(=O)NCc1ccc2[nH]c(=O)[nH]c2c1. The third kappa shape index (κ3) is 3.69. The summed E-state index contributed by atoms with van der Waals surface area (Å²) in [5.74, 6) is -0.0139. The van der Waals surface area contributed by atoms with Gasteiger partial charge < -0.3 is 21.0 Å². The van der Waals surface area contributed by atoms with Crippen molar-refractivity contribution in [1.82, 2.24) is 15.3 Å². The first-order valence-electron chi connectivity index (χ1n) is 6.28. The van der Waals surface area contributed by atoms with E-state index in [1.54, 1.807) is 0 Å². The van der Waals surface area contributed by atoms with E-state index in [1.165, 1.54) is 0 Å². The van der Waals surface area contributed by atoms with Crippen LogP contribution in [0.25, 0.3) is 11.0 Å². The van der Waals surface area contributed by atoms with Crippen LogP contribution in [-0.2, 0) is 11.3 Å². The number of rotatable bonds is 5. The molecule has 1 heterocycles. The second-order valence-electron chi connectivity index (χ2n) is 4.75. The fourth-order valence-corrected chi connectivity index (χ4v) is 1.84. The largest absolute Gasteiger partial charge is 0.352 e. The van der Waals surface area contributed by atoms with Gasteiger partial charge in [0.05, 0.1) is 11.0 Å². The Bertz CT molecular complexity index is 627. The topological polar surface area (TPSA) is 104 Å². The van der Waals surface area contributed by atoms with Crippen molar-refractivity contribution in [3.05, 3.63) is 34.2 Å². The number of nitrogens with two attached hydrogens (primary N) is 1. The van der Waals surface area contributed by atoms with Crippen molar-refractivity contribution in [2.75, 3.05) is 0 Å². The standard InChI is InChI=1S/C13H18N4O2/c1-8(14)2-5-12(18)15-7-9-3-4-10-11(6-9)17-13(19)16-10/h3-4,6,8H,2,5,7,14H2,1H3,(H,15,18)(H2,16,17,19). The van der Waals surface area contributed by atoms with E-state index in [0.29, 0.717) is 19.4 Å². The molecule has 0 radical (unpaired) electrons. The maximum absolute atomic E-state index is 11.6. The zero-order valence-electron chi connectivity index (χ0n) is 10.8. The lowest BCUT2D eigenvalue weighted by atomic mass is 10.1. The molecule has 19 heavy (non-hydrogen) atoms. The van der Waals surface area contributed by atoms with Crippen LogP contribution in [0.2, 0.25) is 0 Å². The number of aromatic nitrogens is 2. The molecule has 5 N–H and O–H groups in total. The van der Waals surface area contributed by atoms with Crippen LogP contribution in [0.15, 0.2) is 23.0 Å². The van der Waals surface area contributed by atoms with E-state index in [2.05, 4.69) is 15.3 Å². The lowest BCUT2D eigenvalue weighted by Gasteiger charge is -2.07. The Kier molecular flexibility index (Phi) is 4.01. The monoisotopic (exact) mass is 262 g/mol. The van der Waals surface area contributed by atoms with Crippen LogP contribution < -0.4 is 16.7 Å². The number of hydrogen-bond donors (Lipinski definition) is 4. The number of nitrogens with one attached hydrogen (secondary N) is 3. The average molecular weight is 262 g/mol. The van der Waals surface area contributed by atoms with Crippen LogP contribution in [0.3, 0.4) is 0 Å². The molecule has 0 aliphatic rings. The lowest BCUT2D eigenvalue weighted by Crippen LogP contribution is -2.25. The Hall–Kier alpha value is -2.08. The van der Waals surface area contributed by atoms with E-state index in [1.807, 2.05) is 25.1 Å². The van der Waals surface area contributed by atoms with Crippen molar-refractivity contribution in [2.24, 2.45) is 5.73 Å². The molecule has 2 aromatic rings. The van der Waals surface area contributed by atoms with E-state index < -0.39 is 0 Å². The van der Waals surface area contributed by atoms with Crippen molar-refractivity contribution in [2.45, 2.75) is 32.4 Å². The Balaban J connectivity index is 1.94. The van der Waals surface area contributed by atoms with Crippen LogP contribution in [0, 0.1) is 0 Å². The highest BCUT2D eigenvalue weighted by atomic mass is 16.1. The number of aromatic amines is 2. The smallest absolute Gasteiger partial charge is 0.323 e. The van der Waals surface area contributed by atoms with Gasteiger partial charge in [-0.3, -0.25) is 4.79 Å². The summed E-state index contributed by atoms with van der Waals surface area (Å²) in [5.41, 5.74) is 7.81. The van der Waals surface area contributed by atoms with Crippen LogP contribution >= 0.6 is 0 Å². The van der Waals surface area contributed by atoms with Gasteiger partial charge in [0.1, 0.15) is 0 Å². The molecule has 0 bridgehead atoms. The van der Waals surface area contributed by atoms with Gasteiger partial charge in [0.15, 0.2) is 0 Å². The predicted molar refractivity (Wildman–Crippen MR) is 73.6 cm³/mol. The molecule has 0 fully saturated rings. The van der Waals surface area contributed by atoms with Gasteiger partial charge >= 0.3 is 5.69 Å². The summed E-state index contributed by atoms with van der Waals surface area (Å²) in [4.78, 5) is 28.0. The molecule has 0 saturated carbocycles. The number of benzene rings is 1. The van der Waals surface area contributed by atoms with Gasteiger partial charge in [0, 0.05) is 19.0 Å². The third-order valence-corrected chi connectivity index (χ3v) is 2.90. The zero-order valence-corrected chi connectivity index (χ0v) is 10.8. The second-order valence-corrected chi connectivity index (χ2v) is 4.75. The first kappa shape index (κ1) is 13.4. The quantitative estimate of drug-likeness (QED) is 0.634. The van der Waals surface area contributed by atoms with Gasteiger partial charge in [-0.25, -0.2) is 4.79 Å². The van der Waals surface area contributed by atoms with E-state index in [-0.39, 0.29) is 17.6 Å². The second kappa shape index (κ2) is 5.71. The molecule has 0 aliphatic carbocycles. The van der Waals surface area contributed by atoms with Gasteiger partial charge in [0.2, 0.25) is 5.91 Å². The van der Waals surface area contributed by atoms with E-state index in [9.17, 15) is 9.59 Å². The molecule has 0 aliphatic heterocycles. The summed E-state index contributed by atoms with van der Waals surface area (Å²) >= 11 is 0. The van der Waals surface area contributed by atoms with Gasteiger partial charge in [-0.15, -0.1) is 0 Å². The molecule has 0 saturated heterocycles.